The lowest BCUT2D eigenvalue weighted by atomic mass is 9.89. The zero-order valence-electron chi connectivity index (χ0n) is 7.65. The maximum Gasteiger partial charge on any atom is 0.0445 e. The average Bonchev–Trinajstić information content (AvgIpc) is 1.83. The standard InChI is InChI=1S/C10H17Cl/c1-5-6-9(11)7-8-10(2,3)4/h1,9H,6-8H2,2-4H3/t9-/m0/s1. The lowest BCUT2D eigenvalue weighted by Gasteiger charge is -2.18. The first-order valence-electron chi connectivity index (χ1n) is 4.03. The van der Waals surface area contributed by atoms with Gasteiger partial charge in [0.05, 0.1) is 0 Å². The van der Waals surface area contributed by atoms with E-state index in [1.54, 1.807) is 0 Å². The summed E-state index contributed by atoms with van der Waals surface area (Å²) in [5, 5.41) is 0.166. The zero-order valence-corrected chi connectivity index (χ0v) is 8.41. The van der Waals surface area contributed by atoms with Gasteiger partial charge in [-0.3, -0.25) is 0 Å². The molecule has 0 N–H and O–H groups in total. The molecule has 0 heterocycles. The summed E-state index contributed by atoms with van der Waals surface area (Å²) >= 11 is 5.94. The van der Waals surface area contributed by atoms with E-state index in [4.69, 9.17) is 18.0 Å². The van der Waals surface area contributed by atoms with Crippen LogP contribution in [0.25, 0.3) is 0 Å². The highest BCUT2D eigenvalue weighted by atomic mass is 35.5. The third kappa shape index (κ3) is 7.75. The Balaban J connectivity index is 3.48. The van der Waals surface area contributed by atoms with Crippen LogP contribution in [-0.2, 0) is 0 Å². The molecule has 0 aromatic rings. The van der Waals surface area contributed by atoms with Gasteiger partial charge in [-0.1, -0.05) is 20.8 Å². The van der Waals surface area contributed by atoms with E-state index in [1.807, 2.05) is 0 Å². The van der Waals surface area contributed by atoms with E-state index in [2.05, 4.69) is 26.7 Å². The van der Waals surface area contributed by atoms with Gasteiger partial charge in [-0.25, -0.2) is 0 Å². The minimum Gasteiger partial charge on any atom is -0.122 e. The van der Waals surface area contributed by atoms with Gasteiger partial charge in [0.25, 0.3) is 0 Å². The molecule has 11 heavy (non-hydrogen) atoms. The van der Waals surface area contributed by atoms with Crippen molar-refractivity contribution >= 4 is 11.6 Å². The summed E-state index contributed by atoms with van der Waals surface area (Å²) in [7, 11) is 0. The molecule has 0 aliphatic heterocycles. The first-order chi connectivity index (χ1) is 4.95. The topological polar surface area (TPSA) is 0 Å². The highest BCUT2D eigenvalue weighted by Gasteiger charge is 2.12. The highest BCUT2D eigenvalue weighted by molar-refractivity contribution is 6.20. The van der Waals surface area contributed by atoms with Gasteiger partial charge in [0.15, 0.2) is 0 Å². The molecule has 0 nitrogen and oxygen atoms in total. The molecular formula is C10H17Cl. The molecule has 0 spiro atoms. The van der Waals surface area contributed by atoms with Crippen molar-refractivity contribution in [3.05, 3.63) is 0 Å². The normalized spacial score (nSPS) is 14.1. The summed E-state index contributed by atoms with van der Waals surface area (Å²) in [6, 6.07) is 0. The molecule has 0 aromatic carbocycles. The Morgan fingerprint density at radius 2 is 2.00 bits per heavy atom. The Bertz CT molecular complexity index is 136. The van der Waals surface area contributed by atoms with Crippen molar-refractivity contribution < 1.29 is 0 Å². The fourth-order valence-corrected chi connectivity index (χ4v) is 1.02. The zero-order chi connectivity index (χ0) is 8.91. The predicted octanol–water partition coefficient (Wildman–Crippen LogP) is 3.44. The number of alkyl halides is 1. The molecule has 0 rings (SSSR count). The van der Waals surface area contributed by atoms with Crippen LogP contribution in [0.3, 0.4) is 0 Å². The van der Waals surface area contributed by atoms with E-state index in [0.717, 1.165) is 12.8 Å². The smallest absolute Gasteiger partial charge is 0.0445 e. The first kappa shape index (κ1) is 10.8. The van der Waals surface area contributed by atoms with Gasteiger partial charge >= 0.3 is 0 Å². The molecule has 0 aromatic heterocycles. The van der Waals surface area contributed by atoms with Crippen molar-refractivity contribution in [3.8, 4) is 12.3 Å². The van der Waals surface area contributed by atoms with Crippen molar-refractivity contribution in [2.45, 2.75) is 45.4 Å². The van der Waals surface area contributed by atoms with Gasteiger partial charge < -0.3 is 0 Å². The molecule has 0 radical (unpaired) electrons. The van der Waals surface area contributed by atoms with E-state index in [1.165, 1.54) is 0 Å². The number of rotatable bonds is 3. The molecule has 1 atom stereocenters. The Morgan fingerprint density at radius 1 is 1.45 bits per heavy atom. The van der Waals surface area contributed by atoms with Gasteiger partial charge in [0.1, 0.15) is 0 Å². The summed E-state index contributed by atoms with van der Waals surface area (Å²) in [6.45, 7) is 6.64. The van der Waals surface area contributed by atoms with E-state index in [-0.39, 0.29) is 5.38 Å². The Morgan fingerprint density at radius 3 is 2.36 bits per heavy atom. The maximum atomic E-state index is 5.94. The van der Waals surface area contributed by atoms with Gasteiger partial charge in [-0.05, 0) is 18.3 Å². The van der Waals surface area contributed by atoms with E-state index >= 15 is 0 Å². The van der Waals surface area contributed by atoms with Crippen molar-refractivity contribution in [1.82, 2.24) is 0 Å². The van der Waals surface area contributed by atoms with Gasteiger partial charge in [0, 0.05) is 11.8 Å². The molecule has 0 aliphatic carbocycles. The summed E-state index contributed by atoms with van der Waals surface area (Å²) < 4.78 is 0. The van der Waals surface area contributed by atoms with Crippen molar-refractivity contribution in [3.63, 3.8) is 0 Å². The number of hydrogen-bond acceptors (Lipinski definition) is 0. The molecule has 0 unspecified atom stereocenters. The Hall–Kier alpha value is -0.150. The lowest BCUT2D eigenvalue weighted by molar-refractivity contribution is 0.363. The lowest BCUT2D eigenvalue weighted by Crippen LogP contribution is -2.08. The minimum atomic E-state index is 0.166. The second kappa shape index (κ2) is 4.67. The van der Waals surface area contributed by atoms with E-state index in [9.17, 15) is 0 Å². The van der Waals surface area contributed by atoms with Crippen LogP contribution < -0.4 is 0 Å². The van der Waals surface area contributed by atoms with Crippen molar-refractivity contribution in [2.24, 2.45) is 5.41 Å². The first-order valence-corrected chi connectivity index (χ1v) is 4.47. The number of hydrogen-bond donors (Lipinski definition) is 0. The molecule has 64 valence electrons. The summed E-state index contributed by atoms with van der Waals surface area (Å²) in [5.74, 6) is 2.57. The quantitative estimate of drug-likeness (QED) is 0.452. The van der Waals surface area contributed by atoms with E-state index in [0.29, 0.717) is 11.8 Å². The van der Waals surface area contributed by atoms with Gasteiger partial charge in [0.2, 0.25) is 0 Å². The summed E-state index contributed by atoms with van der Waals surface area (Å²) in [6.07, 6.45) is 7.99. The van der Waals surface area contributed by atoms with Crippen molar-refractivity contribution in [1.29, 1.82) is 0 Å². The monoisotopic (exact) mass is 172 g/mol. The molecule has 0 amide bonds. The number of terminal acetylenes is 1. The maximum absolute atomic E-state index is 5.94. The average molecular weight is 173 g/mol. The molecule has 0 saturated carbocycles. The van der Waals surface area contributed by atoms with Crippen LogP contribution in [0, 0.1) is 17.8 Å². The van der Waals surface area contributed by atoms with Gasteiger partial charge in [-0.15, -0.1) is 23.9 Å². The summed E-state index contributed by atoms with van der Waals surface area (Å²) in [5.41, 5.74) is 0.377. The minimum absolute atomic E-state index is 0.166. The molecule has 0 fully saturated rings. The third-order valence-corrected chi connectivity index (χ3v) is 1.92. The van der Waals surface area contributed by atoms with E-state index < -0.39 is 0 Å². The fourth-order valence-electron chi connectivity index (χ4n) is 0.820. The molecule has 1 heteroatoms. The third-order valence-electron chi connectivity index (χ3n) is 1.55. The Labute approximate surface area is 75.3 Å². The largest absolute Gasteiger partial charge is 0.122 e. The number of halogens is 1. The fraction of sp³-hybridized carbons (Fsp3) is 0.800. The van der Waals surface area contributed by atoms with Crippen LogP contribution in [-0.4, -0.2) is 5.38 Å². The molecular weight excluding hydrogens is 156 g/mol. The van der Waals surface area contributed by atoms with Crippen LogP contribution in [0.4, 0.5) is 0 Å². The highest BCUT2D eigenvalue weighted by Crippen LogP contribution is 2.23. The Kier molecular flexibility index (Phi) is 4.61. The second-order valence-electron chi connectivity index (χ2n) is 4.10. The van der Waals surface area contributed by atoms with Crippen LogP contribution in [0.15, 0.2) is 0 Å². The predicted molar refractivity (Wildman–Crippen MR) is 51.8 cm³/mol. The molecule has 0 saturated heterocycles. The van der Waals surface area contributed by atoms with Crippen LogP contribution >= 0.6 is 11.6 Å². The van der Waals surface area contributed by atoms with Crippen LogP contribution in [0.1, 0.15) is 40.0 Å². The summed E-state index contributed by atoms with van der Waals surface area (Å²) in [4.78, 5) is 0. The van der Waals surface area contributed by atoms with Gasteiger partial charge in [-0.2, -0.15) is 0 Å². The van der Waals surface area contributed by atoms with Crippen LogP contribution in [0.5, 0.6) is 0 Å². The van der Waals surface area contributed by atoms with Crippen LogP contribution in [0.2, 0.25) is 0 Å². The molecule has 0 bridgehead atoms. The SMILES string of the molecule is C#CC[C@H](Cl)CCC(C)(C)C. The molecule has 0 aliphatic rings. The van der Waals surface area contributed by atoms with Crippen molar-refractivity contribution in [2.75, 3.05) is 0 Å². The second-order valence-corrected chi connectivity index (χ2v) is 4.72.